The highest BCUT2D eigenvalue weighted by Gasteiger charge is 2.70. The monoisotopic (exact) mass is 484 g/mol. The van der Waals surface area contributed by atoms with Gasteiger partial charge in [-0.3, -0.25) is 9.59 Å². The van der Waals surface area contributed by atoms with Crippen LogP contribution in [0.4, 0.5) is 0 Å². The second-order valence-corrected chi connectivity index (χ2v) is 13.4. The summed E-state index contributed by atoms with van der Waals surface area (Å²) >= 11 is 0. The van der Waals surface area contributed by atoms with Gasteiger partial charge in [0.1, 0.15) is 6.10 Å². The zero-order valence-electron chi connectivity index (χ0n) is 22.3. The summed E-state index contributed by atoms with van der Waals surface area (Å²) in [4.78, 5) is 26.0. The molecular weight excluding hydrogens is 440 g/mol. The van der Waals surface area contributed by atoms with Gasteiger partial charge in [0.15, 0.2) is 11.6 Å². The Balaban J connectivity index is 1.27. The summed E-state index contributed by atoms with van der Waals surface area (Å²) in [7, 11) is 0. The molecule has 5 nitrogen and oxygen atoms in total. The van der Waals surface area contributed by atoms with Crippen molar-refractivity contribution in [1.29, 1.82) is 0 Å². The van der Waals surface area contributed by atoms with Crippen LogP contribution >= 0.6 is 0 Å². The molecule has 4 aliphatic carbocycles. The number of fused-ring (bicyclic) bond motifs is 7. The lowest BCUT2D eigenvalue weighted by atomic mass is 9.48. The van der Waals surface area contributed by atoms with E-state index in [1.165, 1.54) is 5.57 Å². The summed E-state index contributed by atoms with van der Waals surface area (Å²) in [5.41, 5.74) is 1.10. The number of ether oxygens (including phenoxy) is 3. The van der Waals surface area contributed by atoms with E-state index >= 15 is 0 Å². The minimum absolute atomic E-state index is 0.0386. The van der Waals surface area contributed by atoms with Crippen LogP contribution in [0.15, 0.2) is 11.6 Å². The van der Waals surface area contributed by atoms with Gasteiger partial charge in [-0.2, -0.15) is 0 Å². The molecule has 0 amide bonds. The number of esters is 1. The normalized spacial score (nSPS) is 52.8. The average molecular weight is 485 g/mol. The smallest absolute Gasteiger partial charge is 0.305 e. The molecule has 6 aliphatic rings. The number of carbonyl (C=O) groups is 2. The van der Waals surface area contributed by atoms with Crippen LogP contribution < -0.4 is 0 Å². The third-order valence-electron chi connectivity index (χ3n) is 11.7. The van der Waals surface area contributed by atoms with Crippen LogP contribution in [0.1, 0.15) is 92.4 Å². The molecule has 35 heavy (non-hydrogen) atoms. The predicted octanol–water partition coefficient (Wildman–Crippen LogP) is 5.85. The van der Waals surface area contributed by atoms with Crippen molar-refractivity contribution in [2.24, 2.45) is 46.3 Å². The van der Waals surface area contributed by atoms with Crippen molar-refractivity contribution < 1.29 is 23.8 Å². The molecule has 5 fully saturated rings. The molecule has 0 N–H and O–H groups in total. The Morgan fingerprint density at radius 2 is 1.91 bits per heavy atom. The summed E-state index contributed by atoms with van der Waals surface area (Å²) < 4.78 is 19.0. The number of ketones is 1. The van der Waals surface area contributed by atoms with Crippen LogP contribution in [0, 0.1) is 46.3 Å². The summed E-state index contributed by atoms with van der Waals surface area (Å²) in [6, 6.07) is 0. The lowest BCUT2D eigenvalue weighted by Crippen LogP contribution is -2.53. The van der Waals surface area contributed by atoms with Gasteiger partial charge in [-0.25, -0.2) is 0 Å². The molecule has 2 saturated heterocycles. The maximum atomic E-state index is 14.1. The number of hydrogen-bond donors (Lipinski definition) is 0. The van der Waals surface area contributed by atoms with Gasteiger partial charge >= 0.3 is 5.97 Å². The number of allylic oxidation sites excluding steroid dienone is 2. The summed E-state index contributed by atoms with van der Waals surface area (Å²) in [6.07, 6.45) is 10.9. The van der Waals surface area contributed by atoms with Crippen molar-refractivity contribution in [3.63, 3.8) is 0 Å². The molecule has 0 bridgehead atoms. The fraction of sp³-hybridized carbons (Fsp3) is 0.867. The zero-order valence-corrected chi connectivity index (χ0v) is 22.3. The Morgan fingerprint density at radius 3 is 2.63 bits per heavy atom. The molecular formula is C30H44O5. The largest absolute Gasteiger partial charge is 0.462 e. The van der Waals surface area contributed by atoms with E-state index in [4.69, 9.17) is 14.2 Å². The van der Waals surface area contributed by atoms with E-state index in [0.717, 1.165) is 58.0 Å². The van der Waals surface area contributed by atoms with E-state index in [1.807, 2.05) is 6.92 Å². The maximum absolute atomic E-state index is 14.1. The van der Waals surface area contributed by atoms with Gasteiger partial charge in [-0.05, 0) is 80.1 Å². The topological polar surface area (TPSA) is 61.8 Å². The van der Waals surface area contributed by atoms with Gasteiger partial charge in [0.05, 0.1) is 12.7 Å². The first-order valence-corrected chi connectivity index (χ1v) is 14.4. The van der Waals surface area contributed by atoms with Crippen LogP contribution in [0.25, 0.3) is 0 Å². The van der Waals surface area contributed by atoms with E-state index in [-0.39, 0.29) is 40.8 Å². The lowest BCUT2D eigenvalue weighted by molar-refractivity contribution is -0.271. The number of carbonyl (C=O) groups excluding carboxylic acids is 2. The van der Waals surface area contributed by atoms with Crippen molar-refractivity contribution in [3.8, 4) is 0 Å². The Bertz CT molecular complexity index is 931. The molecule has 0 radical (unpaired) electrons. The van der Waals surface area contributed by atoms with Crippen molar-refractivity contribution >= 4 is 11.8 Å². The van der Waals surface area contributed by atoms with E-state index in [2.05, 4.69) is 33.8 Å². The zero-order chi connectivity index (χ0) is 24.8. The quantitative estimate of drug-likeness (QED) is 0.460. The van der Waals surface area contributed by atoms with Crippen LogP contribution in [-0.4, -0.2) is 36.4 Å². The van der Waals surface area contributed by atoms with E-state index in [9.17, 15) is 9.59 Å². The summed E-state index contributed by atoms with van der Waals surface area (Å²) in [6.45, 7) is 11.8. The van der Waals surface area contributed by atoms with Crippen LogP contribution in [-0.2, 0) is 23.8 Å². The van der Waals surface area contributed by atoms with Crippen LogP contribution in [0.3, 0.4) is 0 Å². The molecule has 2 aliphatic heterocycles. The third-order valence-corrected chi connectivity index (χ3v) is 11.7. The molecule has 3 saturated carbocycles. The van der Waals surface area contributed by atoms with Gasteiger partial charge in [0, 0.05) is 30.1 Å². The van der Waals surface area contributed by atoms with Gasteiger partial charge in [-0.1, -0.05) is 40.2 Å². The number of rotatable bonds is 2. The molecule has 5 heteroatoms. The summed E-state index contributed by atoms with van der Waals surface area (Å²) in [5.74, 6) is 2.14. The third kappa shape index (κ3) is 3.32. The fourth-order valence-electron chi connectivity index (χ4n) is 9.64. The standard InChI is InChI=1S/C30H44O5/c1-6-26(32)34-20-10-11-28(4)19(13-20)7-8-21-22(28)15-25(31)29(5)23(21)14-24-27(29)18(3)30(35-24)12-9-17(2)16-33-30/h15,17-21,23-24,27H,6-14,16H2,1-5H3/t17-,18-,19-,20+,21+,23+,24+,27-,28-,29+,30+/m0/s1. The number of hydrogen-bond acceptors (Lipinski definition) is 5. The van der Waals surface area contributed by atoms with Crippen LogP contribution in [0.2, 0.25) is 0 Å². The van der Waals surface area contributed by atoms with Crippen molar-refractivity contribution in [3.05, 3.63) is 11.6 Å². The van der Waals surface area contributed by atoms with E-state index in [1.54, 1.807) is 0 Å². The van der Waals surface area contributed by atoms with Crippen molar-refractivity contribution in [2.45, 2.75) is 110 Å². The van der Waals surface area contributed by atoms with E-state index < -0.39 is 5.79 Å². The molecule has 6 rings (SSSR count). The van der Waals surface area contributed by atoms with E-state index in [0.29, 0.717) is 35.9 Å². The second-order valence-electron chi connectivity index (χ2n) is 13.4. The fourth-order valence-corrected chi connectivity index (χ4v) is 9.64. The SMILES string of the molecule is CCC(=O)O[C@@H]1CC[C@]2(C)C3=CC(=O)[C@]4(C)[C@@H]5[C@@H](C[C@@H]4[C@@H]3CC[C@H]2C1)O[C@]1(CC[C@H](C)CO1)[C@H]5C. The van der Waals surface area contributed by atoms with Crippen molar-refractivity contribution in [1.82, 2.24) is 0 Å². The van der Waals surface area contributed by atoms with Crippen molar-refractivity contribution in [2.75, 3.05) is 6.61 Å². The van der Waals surface area contributed by atoms with Gasteiger partial charge in [-0.15, -0.1) is 0 Å². The molecule has 0 unspecified atom stereocenters. The Morgan fingerprint density at radius 1 is 1.11 bits per heavy atom. The van der Waals surface area contributed by atoms with Gasteiger partial charge < -0.3 is 14.2 Å². The molecule has 1 spiro atoms. The van der Waals surface area contributed by atoms with Gasteiger partial charge in [0.25, 0.3) is 0 Å². The van der Waals surface area contributed by atoms with Crippen LogP contribution in [0.5, 0.6) is 0 Å². The summed E-state index contributed by atoms with van der Waals surface area (Å²) in [5, 5.41) is 0. The maximum Gasteiger partial charge on any atom is 0.305 e. The molecule has 194 valence electrons. The minimum atomic E-state index is -0.488. The first-order chi connectivity index (χ1) is 16.6. The average Bonchev–Trinajstić information content (AvgIpc) is 3.28. The Kier molecular flexibility index (Phi) is 5.62. The minimum Gasteiger partial charge on any atom is -0.462 e. The highest BCUT2D eigenvalue weighted by atomic mass is 16.7. The molecule has 0 aromatic carbocycles. The highest BCUT2D eigenvalue weighted by Crippen LogP contribution is 2.69. The Labute approximate surface area is 210 Å². The van der Waals surface area contributed by atoms with Gasteiger partial charge in [0.2, 0.25) is 0 Å². The predicted molar refractivity (Wildman–Crippen MR) is 132 cm³/mol. The second kappa shape index (κ2) is 8.15. The lowest BCUT2D eigenvalue weighted by Gasteiger charge is -2.56. The molecule has 2 heterocycles. The molecule has 0 aromatic rings. The molecule has 0 aromatic heterocycles. The first kappa shape index (κ1) is 24.2. The Hall–Kier alpha value is -1.20. The first-order valence-electron chi connectivity index (χ1n) is 14.4. The highest BCUT2D eigenvalue weighted by molar-refractivity contribution is 5.97. The molecule has 11 atom stereocenters.